The number of primary amides is 1. The molecule has 0 spiro atoms. The lowest BCUT2D eigenvalue weighted by atomic mass is 9.97. The third-order valence-electron chi connectivity index (χ3n) is 4.28. The zero-order valence-corrected chi connectivity index (χ0v) is 16.0. The largest absolute Gasteiger partial charge is 0.369 e. The lowest BCUT2D eigenvalue weighted by molar-refractivity contribution is -0.135. The number of piperidine rings is 1. The number of likely N-dealkylation sites (N-methyl/N-ethyl adjacent to an activating group) is 1. The van der Waals surface area contributed by atoms with Gasteiger partial charge in [-0.3, -0.25) is 19.3 Å². The molecule has 0 bridgehead atoms. The molecular weight excluding hydrogens is 379 g/mol. The van der Waals surface area contributed by atoms with E-state index in [2.05, 4.69) is 5.32 Å². The van der Waals surface area contributed by atoms with Gasteiger partial charge in [0.15, 0.2) is 0 Å². The maximum Gasteiger partial charge on any atom is 0.243 e. The zero-order valence-electron chi connectivity index (χ0n) is 14.5. The van der Waals surface area contributed by atoms with Crippen LogP contribution in [0, 0.1) is 5.92 Å². The van der Waals surface area contributed by atoms with Gasteiger partial charge in [0.05, 0.1) is 29.1 Å². The van der Waals surface area contributed by atoms with Crippen LogP contribution < -0.4 is 11.1 Å². The second kappa shape index (κ2) is 9.21. The van der Waals surface area contributed by atoms with Crippen molar-refractivity contribution in [1.29, 1.82) is 0 Å². The SMILES string of the molecule is CN(CC(=O)Nc1ccc(Cl)c(Cl)c1)C(=O)CN1CCC[C@@H](C(N)=O)C1. The molecule has 0 aromatic heterocycles. The van der Waals surface area contributed by atoms with Crippen LogP contribution >= 0.6 is 23.2 Å². The van der Waals surface area contributed by atoms with Gasteiger partial charge >= 0.3 is 0 Å². The standard InChI is InChI=1S/C17H22Cl2N4O3/c1-22(9-15(24)21-12-4-5-13(18)14(19)7-12)16(25)10-23-6-2-3-11(8-23)17(20)26/h4-5,7,11H,2-3,6,8-10H2,1H3,(H2,20,26)(H,21,24)/t11-/m1/s1. The zero-order chi connectivity index (χ0) is 19.3. The number of nitrogens with one attached hydrogen (secondary N) is 1. The van der Waals surface area contributed by atoms with Gasteiger partial charge in [0, 0.05) is 19.3 Å². The number of nitrogens with two attached hydrogens (primary N) is 1. The summed E-state index contributed by atoms with van der Waals surface area (Å²) in [7, 11) is 1.56. The quantitative estimate of drug-likeness (QED) is 0.757. The van der Waals surface area contributed by atoms with E-state index in [-0.39, 0.29) is 36.7 Å². The molecule has 1 heterocycles. The van der Waals surface area contributed by atoms with E-state index in [1.807, 2.05) is 4.90 Å². The highest BCUT2D eigenvalue weighted by Crippen LogP contribution is 2.25. The Bertz CT molecular complexity index is 699. The van der Waals surface area contributed by atoms with Crippen LogP contribution in [-0.4, -0.2) is 60.7 Å². The van der Waals surface area contributed by atoms with Crippen LogP contribution in [-0.2, 0) is 14.4 Å². The number of amides is 3. The van der Waals surface area contributed by atoms with Crippen molar-refractivity contribution in [3.63, 3.8) is 0 Å². The molecule has 1 aliphatic heterocycles. The Kier molecular flexibility index (Phi) is 7.25. The molecule has 1 fully saturated rings. The van der Waals surface area contributed by atoms with Gasteiger partial charge in [-0.15, -0.1) is 0 Å². The van der Waals surface area contributed by atoms with Crippen LogP contribution in [0.4, 0.5) is 5.69 Å². The van der Waals surface area contributed by atoms with Crippen molar-refractivity contribution in [1.82, 2.24) is 9.80 Å². The van der Waals surface area contributed by atoms with Crippen molar-refractivity contribution in [2.24, 2.45) is 11.7 Å². The van der Waals surface area contributed by atoms with E-state index < -0.39 is 0 Å². The minimum absolute atomic E-state index is 0.0911. The molecule has 7 nitrogen and oxygen atoms in total. The summed E-state index contributed by atoms with van der Waals surface area (Å²) in [4.78, 5) is 39.0. The van der Waals surface area contributed by atoms with Crippen LogP contribution in [0.3, 0.4) is 0 Å². The highest BCUT2D eigenvalue weighted by Gasteiger charge is 2.26. The van der Waals surface area contributed by atoms with Gasteiger partial charge in [-0.25, -0.2) is 0 Å². The summed E-state index contributed by atoms with van der Waals surface area (Å²) in [5.74, 6) is -1.09. The van der Waals surface area contributed by atoms with Crippen LogP contribution in [0.15, 0.2) is 18.2 Å². The van der Waals surface area contributed by atoms with Crippen molar-refractivity contribution in [3.05, 3.63) is 28.2 Å². The van der Waals surface area contributed by atoms with Crippen LogP contribution in [0.25, 0.3) is 0 Å². The van der Waals surface area contributed by atoms with Crippen molar-refractivity contribution < 1.29 is 14.4 Å². The fourth-order valence-corrected chi connectivity index (χ4v) is 3.12. The average Bonchev–Trinajstić information content (AvgIpc) is 2.58. The minimum atomic E-state index is -0.340. The van der Waals surface area contributed by atoms with E-state index in [0.29, 0.717) is 22.3 Å². The summed E-state index contributed by atoms with van der Waals surface area (Å²) in [6.45, 7) is 1.27. The predicted molar refractivity (Wildman–Crippen MR) is 101 cm³/mol. The van der Waals surface area contributed by atoms with E-state index in [1.54, 1.807) is 25.2 Å². The molecule has 3 amide bonds. The number of anilines is 1. The number of carbonyl (C=O) groups excluding carboxylic acids is 3. The molecule has 1 aliphatic rings. The number of carbonyl (C=O) groups is 3. The van der Waals surface area contributed by atoms with Gasteiger partial charge in [0.1, 0.15) is 0 Å². The Balaban J connectivity index is 1.83. The Labute approximate surface area is 162 Å². The monoisotopic (exact) mass is 400 g/mol. The van der Waals surface area contributed by atoms with Gasteiger partial charge in [-0.05, 0) is 37.6 Å². The van der Waals surface area contributed by atoms with Gasteiger partial charge in [0.2, 0.25) is 17.7 Å². The van der Waals surface area contributed by atoms with Crippen molar-refractivity contribution in [2.45, 2.75) is 12.8 Å². The average molecular weight is 401 g/mol. The summed E-state index contributed by atoms with van der Waals surface area (Å²) in [5, 5.41) is 3.40. The van der Waals surface area contributed by atoms with Crippen molar-refractivity contribution in [3.8, 4) is 0 Å². The molecule has 26 heavy (non-hydrogen) atoms. The molecule has 0 aliphatic carbocycles. The maximum atomic E-state index is 12.3. The number of rotatable bonds is 6. The van der Waals surface area contributed by atoms with Gasteiger partial charge in [-0.1, -0.05) is 23.2 Å². The minimum Gasteiger partial charge on any atom is -0.369 e. The number of likely N-dealkylation sites (tertiary alicyclic amines) is 1. The first-order valence-electron chi connectivity index (χ1n) is 8.27. The van der Waals surface area contributed by atoms with Crippen LogP contribution in [0.5, 0.6) is 0 Å². The highest BCUT2D eigenvalue weighted by atomic mass is 35.5. The lowest BCUT2D eigenvalue weighted by Gasteiger charge is -2.31. The second-order valence-corrected chi connectivity index (χ2v) is 7.22. The number of hydrogen-bond acceptors (Lipinski definition) is 4. The fourth-order valence-electron chi connectivity index (χ4n) is 2.82. The first-order valence-corrected chi connectivity index (χ1v) is 9.02. The van der Waals surface area contributed by atoms with E-state index in [4.69, 9.17) is 28.9 Å². The molecule has 2 rings (SSSR count). The van der Waals surface area contributed by atoms with E-state index in [0.717, 1.165) is 19.4 Å². The molecule has 0 radical (unpaired) electrons. The summed E-state index contributed by atoms with van der Waals surface area (Å²) < 4.78 is 0. The predicted octanol–water partition coefficient (Wildman–Crippen LogP) is 1.59. The van der Waals surface area contributed by atoms with Crippen LogP contribution in [0.1, 0.15) is 12.8 Å². The summed E-state index contributed by atoms with van der Waals surface area (Å²) in [6.07, 6.45) is 1.57. The Morgan fingerprint density at radius 2 is 2.04 bits per heavy atom. The Morgan fingerprint density at radius 3 is 2.69 bits per heavy atom. The number of benzene rings is 1. The molecule has 3 N–H and O–H groups in total. The molecular formula is C17H22Cl2N4O3. The summed E-state index contributed by atoms with van der Waals surface area (Å²) in [5.41, 5.74) is 5.85. The van der Waals surface area contributed by atoms with E-state index >= 15 is 0 Å². The molecule has 0 unspecified atom stereocenters. The number of halogens is 2. The normalized spacial score (nSPS) is 17.6. The third-order valence-corrected chi connectivity index (χ3v) is 5.02. The second-order valence-electron chi connectivity index (χ2n) is 6.40. The smallest absolute Gasteiger partial charge is 0.243 e. The molecule has 9 heteroatoms. The van der Waals surface area contributed by atoms with E-state index in [9.17, 15) is 14.4 Å². The molecule has 1 saturated heterocycles. The molecule has 0 saturated carbocycles. The molecule has 142 valence electrons. The third kappa shape index (κ3) is 5.86. The fraction of sp³-hybridized carbons (Fsp3) is 0.471. The molecule has 1 aromatic rings. The molecule has 1 atom stereocenters. The topological polar surface area (TPSA) is 95.7 Å². The summed E-state index contributed by atoms with van der Waals surface area (Å²) in [6, 6.07) is 4.76. The van der Waals surface area contributed by atoms with Crippen molar-refractivity contribution in [2.75, 3.05) is 38.5 Å². The first kappa shape index (κ1) is 20.5. The Hall–Kier alpha value is -1.83. The van der Waals surface area contributed by atoms with E-state index in [1.165, 1.54) is 4.90 Å². The number of hydrogen-bond donors (Lipinski definition) is 2. The van der Waals surface area contributed by atoms with Gasteiger partial charge in [-0.2, -0.15) is 0 Å². The number of nitrogens with zero attached hydrogens (tertiary/aromatic N) is 2. The maximum absolute atomic E-state index is 12.3. The Morgan fingerprint density at radius 1 is 1.31 bits per heavy atom. The summed E-state index contributed by atoms with van der Waals surface area (Å²) >= 11 is 11.7. The highest BCUT2D eigenvalue weighted by molar-refractivity contribution is 6.42. The molecule has 1 aromatic carbocycles. The van der Waals surface area contributed by atoms with Gasteiger partial charge in [0.25, 0.3) is 0 Å². The van der Waals surface area contributed by atoms with Gasteiger partial charge < -0.3 is 16.0 Å². The van der Waals surface area contributed by atoms with Crippen LogP contribution in [0.2, 0.25) is 10.0 Å². The lowest BCUT2D eigenvalue weighted by Crippen LogP contribution is -2.47. The van der Waals surface area contributed by atoms with Crippen molar-refractivity contribution >= 4 is 46.6 Å². The first-order chi connectivity index (χ1) is 12.3.